The molecule has 0 spiro atoms. The van der Waals surface area contributed by atoms with Gasteiger partial charge in [0.15, 0.2) is 16.8 Å². The standard InChI is InChI=1S/C28H32FN5O4/c1-3-26(36)34-14-12-32(13-15-34)21-6-4-20(5-7-21)30-28(37)25-18-24(35)22-16-19(29)17-23(27(22)38-25)33-10-8-31(2)9-11-33/h4-7,16-18H,3,8-15H2,1-2H3,(H,30,37)/i2-1. The van der Waals surface area contributed by atoms with E-state index in [4.69, 9.17) is 4.42 Å². The van der Waals surface area contributed by atoms with Crippen LogP contribution in [-0.4, -0.2) is 81.0 Å². The van der Waals surface area contributed by atoms with Gasteiger partial charge in [-0.05, 0) is 37.4 Å². The van der Waals surface area contributed by atoms with E-state index < -0.39 is 17.2 Å². The molecule has 3 aromatic rings. The van der Waals surface area contributed by atoms with Crippen molar-refractivity contribution in [2.45, 2.75) is 13.3 Å². The van der Waals surface area contributed by atoms with E-state index in [2.05, 4.69) is 15.1 Å². The van der Waals surface area contributed by atoms with Crippen molar-refractivity contribution >= 4 is 39.8 Å². The lowest BCUT2D eigenvalue weighted by molar-refractivity contribution is -0.131. The van der Waals surface area contributed by atoms with Crippen molar-refractivity contribution in [3.05, 3.63) is 64.3 Å². The van der Waals surface area contributed by atoms with Crippen LogP contribution in [0.25, 0.3) is 11.0 Å². The number of carbonyl (C=O) groups excluding carboxylic acids is 2. The molecule has 5 rings (SSSR count). The molecule has 0 radical (unpaired) electrons. The number of halogens is 1. The number of rotatable bonds is 5. The summed E-state index contributed by atoms with van der Waals surface area (Å²) in [5.74, 6) is -1.04. The molecule has 3 heterocycles. The van der Waals surface area contributed by atoms with Crippen molar-refractivity contribution in [3.8, 4) is 0 Å². The number of carbonyl (C=O) groups is 2. The molecule has 0 unspecified atom stereocenters. The van der Waals surface area contributed by atoms with Crippen LogP contribution in [0.1, 0.15) is 23.9 Å². The molecule has 200 valence electrons. The molecule has 0 aliphatic carbocycles. The fourth-order valence-corrected chi connectivity index (χ4v) is 4.99. The van der Waals surface area contributed by atoms with Crippen LogP contribution in [-0.2, 0) is 4.79 Å². The number of amides is 2. The maximum absolute atomic E-state index is 14.4. The maximum Gasteiger partial charge on any atom is 0.291 e. The van der Waals surface area contributed by atoms with E-state index in [1.807, 2.05) is 35.9 Å². The average molecular weight is 521 g/mol. The summed E-state index contributed by atoms with van der Waals surface area (Å²) in [6.07, 6.45) is 0.514. The van der Waals surface area contributed by atoms with Gasteiger partial charge in [0.2, 0.25) is 5.91 Å². The van der Waals surface area contributed by atoms with Gasteiger partial charge < -0.3 is 29.3 Å². The molecule has 2 amide bonds. The quantitative estimate of drug-likeness (QED) is 0.553. The molecule has 2 saturated heterocycles. The molecule has 2 aromatic carbocycles. The second-order valence-electron chi connectivity index (χ2n) is 9.79. The molecule has 10 heteroatoms. The van der Waals surface area contributed by atoms with Crippen molar-refractivity contribution < 1.29 is 18.4 Å². The fourth-order valence-electron chi connectivity index (χ4n) is 4.99. The van der Waals surface area contributed by atoms with E-state index in [1.165, 1.54) is 6.07 Å². The van der Waals surface area contributed by atoms with Crippen molar-refractivity contribution in [3.63, 3.8) is 0 Å². The molecule has 9 nitrogen and oxygen atoms in total. The first-order valence-corrected chi connectivity index (χ1v) is 13.0. The van der Waals surface area contributed by atoms with Crippen LogP contribution < -0.4 is 20.5 Å². The van der Waals surface area contributed by atoms with Gasteiger partial charge >= 0.3 is 0 Å². The van der Waals surface area contributed by atoms with E-state index in [0.717, 1.165) is 44.0 Å². The van der Waals surface area contributed by atoms with E-state index in [1.54, 1.807) is 12.1 Å². The Bertz CT molecular complexity index is 1390. The third-order valence-electron chi connectivity index (χ3n) is 7.27. The first-order valence-electron chi connectivity index (χ1n) is 13.0. The van der Waals surface area contributed by atoms with Crippen LogP contribution in [0.5, 0.6) is 0 Å². The zero-order chi connectivity index (χ0) is 26.8. The number of nitrogens with one attached hydrogen (secondary N) is 1. The largest absolute Gasteiger partial charge is 0.448 e. The Labute approximate surface area is 220 Å². The molecular formula is C28H32FN5O4. The van der Waals surface area contributed by atoms with Crippen LogP contribution in [0.2, 0.25) is 0 Å². The summed E-state index contributed by atoms with van der Waals surface area (Å²) >= 11 is 0. The van der Waals surface area contributed by atoms with Gasteiger partial charge in [-0.3, -0.25) is 14.4 Å². The van der Waals surface area contributed by atoms with Gasteiger partial charge in [0.05, 0.1) is 11.1 Å². The summed E-state index contributed by atoms with van der Waals surface area (Å²) in [5.41, 5.74) is 1.78. The Hall–Kier alpha value is -3.92. The lowest BCUT2D eigenvalue weighted by atomic mass is 10.1. The predicted molar refractivity (Wildman–Crippen MR) is 146 cm³/mol. The summed E-state index contributed by atoms with van der Waals surface area (Å²) in [7, 11) is 2.02. The van der Waals surface area contributed by atoms with Gasteiger partial charge in [-0.15, -0.1) is 0 Å². The number of benzene rings is 2. The summed E-state index contributed by atoms with van der Waals surface area (Å²) in [6.45, 7) is 7.65. The highest BCUT2D eigenvalue weighted by molar-refractivity contribution is 6.03. The molecule has 38 heavy (non-hydrogen) atoms. The van der Waals surface area contributed by atoms with Gasteiger partial charge in [-0.2, -0.15) is 0 Å². The number of anilines is 3. The Kier molecular flexibility index (Phi) is 7.33. The molecule has 0 saturated carbocycles. The third kappa shape index (κ3) is 5.35. The second kappa shape index (κ2) is 10.8. The van der Waals surface area contributed by atoms with E-state index >= 15 is 0 Å². The molecule has 2 fully saturated rings. The van der Waals surface area contributed by atoms with Crippen molar-refractivity contribution in [1.29, 1.82) is 0 Å². The summed E-state index contributed by atoms with van der Waals surface area (Å²) in [6, 6.07) is 11.0. The van der Waals surface area contributed by atoms with Crippen molar-refractivity contribution in [1.82, 2.24) is 9.80 Å². The van der Waals surface area contributed by atoms with E-state index in [0.29, 0.717) is 44.0 Å². The number of hydrogen-bond donors (Lipinski definition) is 1. The first-order chi connectivity index (χ1) is 18.3. The van der Waals surface area contributed by atoms with E-state index in [-0.39, 0.29) is 22.6 Å². The number of fused-ring (bicyclic) bond motifs is 1. The highest BCUT2D eigenvalue weighted by Gasteiger charge is 2.23. The monoisotopic (exact) mass is 520 g/mol. The Morgan fingerprint density at radius 1 is 0.921 bits per heavy atom. The van der Waals surface area contributed by atoms with Crippen LogP contribution in [0, 0.1) is 5.82 Å². The molecule has 2 aliphatic heterocycles. The zero-order valence-corrected chi connectivity index (χ0v) is 21.7. The summed E-state index contributed by atoms with van der Waals surface area (Å²) < 4.78 is 20.3. The number of hydrogen-bond acceptors (Lipinski definition) is 7. The topological polar surface area (TPSA) is 89.3 Å². The SMILES string of the molecule is CCC(=O)N1CCN(c2ccc(NC(=O)c3cc(=O)c4cc(F)cc(N5CCN([11CH3])CC5)c4o3)cc2)CC1. The van der Waals surface area contributed by atoms with Gasteiger partial charge in [-0.25, -0.2) is 4.39 Å². The predicted octanol–water partition coefficient (Wildman–Crippen LogP) is 2.99. The van der Waals surface area contributed by atoms with E-state index in [9.17, 15) is 18.8 Å². The number of likely N-dealkylation sites (N-methyl/N-ethyl adjacent to an activating group) is 1. The van der Waals surface area contributed by atoms with Crippen molar-refractivity contribution in [2.75, 3.05) is 74.5 Å². The Morgan fingerprint density at radius 2 is 1.58 bits per heavy atom. The lowest BCUT2D eigenvalue weighted by Gasteiger charge is -2.36. The van der Waals surface area contributed by atoms with Crippen LogP contribution >= 0.6 is 0 Å². The summed E-state index contributed by atoms with van der Waals surface area (Å²) in [5, 5.41) is 2.90. The fraction of sp³-hybridized carbons (Fsp3) is 0.393. The number of nitrogens with zero attached hydrogens (tertiary/aromatic N) is 4. The van der Waals surface area contributed by atoms with Gasteiger partial charge in [0, 0.05) is 82.3 Å². The Balaban J connectivity index is 1.32. The summed E-state index contributed by atoms with van der Waals surface area (Å²) in [4.78, 5) is 46.0. The lowest BCUT2D eigenvalue weighted by Crippen LogP contribution is -2.48. The molecule has 1 N–H and O–H groups in total. The van der Waals surface area contributed by atoms with Crippen LogP contribution in [0.3, 0.4) is 0 Å². The third-order valence-corrected chi connectivity index (χ3v) is 7.27. The smallest absolute Gasteiger partial charge is 0.291 e. The molecule has 1 aromatic heterocycles. The van der Waals surface area contributed by atoms with Gasteiger partial charge in [-0.1, -0.05) is 6.92 Å². The van der Waals surface area contributed by atoms with Crippen LogP contribution in [0.15, 0.2) is 51.7 Å². The normalized spacial score (nSPS) is 16.7. The minimum atomic E-state index is -0.558. The van der Waals surface area contributed by atoms with Gasteiger partial charge in [0.25, 0.3) is 5.91 Å². The van der Waals surface area contributed by atoms with Crippen LogP contribution in [0.4, 0.5) is 21.5 Å². The minimum absolute atomic E-state index is 0.112. The number of piperazine rings is 2. The molecule has 0 atom stereocenters. The highest BCUT2D eigenvalue weighted by Crippen LogP contribution is 2.29. The Morgan fingerprint density at radius 3 is 2.24 bits per heavy atom. The van der Waals surface area contributed by atoms with Gasteiger partial charge in [0.1, 0.15) is 5.82 Å². The highest BCUT2D eigenvalue weighted by atomic mass is 19.1. The average Bonchev–Trinajstić information content (AvgIpc) is 2.93. The molecule has 2 aliphatic rings. The van der Waals surface area contributed by atoms with Crippen molar-refractivity contribution in [2.24, 2.45) is 0 Å². The molecular weight excluding hydrogens is 488 g/mol. The first kappa shape index (κ1) is 25.7. The minimum Gasteiger partial charge on any atom is -0.448 e. The maximum atomic E-state index is 14.4. The zero-order valence-electron chi connectivity index (χ0n) is 21.7. The second-order valence-corrected chi connectivity index (χ2v) is 9.79. The molecule has 0 bridgehead atoms.